The molecule has 1 fully saturated rings. The monoisotopic (exact) mass is 338 g/mol. The zero-order valence-corrected chi connectivity index (χ0v) is 13.3. The number of esters is 1. The summed E-state index contributed by atoms with van der Waals surface area (Å²) in [6.07, 6.45) is 2.28. The maximum atomic E-state index is 12.1. The second kappa shape index (κ2) is 8.54. The topological polar surface area (TPSA) is 108 Å². The number of hydrogen-bond donors (Lipinski definition) is 2. The Morgan fingerprint density at radius 3 is 2.83 bits per heavy atom. The number of imide groups is 1. The lowest BCUT2D eigenvalue weighted by molar-refractivity contribution is -0.123. The van der Waals surface area contributed by atoms with Gasteiger partial charge in [-0.05, 0) is 25.0 Å². The van der Waals surface area contributed by atoms with Gasteiger partial charge in [-0.2, -0.15) is 0 Å². The third-order valence-corrected chi connectivity index (χ3v) is 4.36. The first-order valence-corrected chi connectivity index (χ1v) is 8.14. The van der Waals surface area contributed by atoms with E-state index in [1.807, 2.05) is 17.4 Å². The van der Waals surface area contributed by atoms with E-state index in [1.54, 1.807) is 12.1 Å². The summed E-state index contributed by atoms with van der Waals surface area (Å²) in [5, 5.41) is 1.83. The Kier molecular flexibility index (Phi) is 6.42. The Hall–Kier alpha value is -2.06. The summed E-state index contributed by atoms with van der Waals surface area (Å²) < 4.78 is 10.5. The number of amides is 3. The molecule has 8 heteroatoms. The maximum Gasteiger partial charge on any atom is 0.339 e. The minimum absolute atomic E-state index is 0.199. The summed E-state index contributed by atoms with van der Waals surface area (Å²) >= 11 is 1.52. The molecule has 1 heterocycles. The van der Waals surface area contributed by atoms with Crippen LogP contribution in [-0.2, 0) is 14.3 Å². The average Bonchev–Trinajstić information content (AvgIpc) is 3.03. The largest absolute Gasteiger partial charge is 0.452 e. The fourth-order valence-electron chi connectivity index (χ4n) is 2.10. The van der Waals surface area contributed by atoms with E-state index < -0.39 is 24.5 Å². The second-order valence-corrected chi connectivity index (χ2v) is 5.99. The molecule has 0 aliphatic carbocycles. The van der Waals surface area contributed by atoms with Crippen LogP contribution < -0.4 is 11.1 Å². The molecule has 1 aromatic rings. The minimum atomic E-state index is -0.987. The average molecular weight is 338 g/mol. The van der Waals surface area contributed by atoms with E-state index in [2.05, 4.69) is 0 Å². The Labute approximate surface area is 137 Å². The van der Waals surface area contributed by atoms with Crippen LogP contribution in [0.5, 0.6) is 0 Å². The van der Waals surface area contributed by atoms with Crippen molar-refractivity contribution in [2.24, 2.45) is 5.73 Å². The number of carbonyl (C=O) groups excluding carboxylic acids is 3. The zero-order chi connectivity index (χ0) is 16.7. The van der Waals surface area contributed by atoms with Crippen molar-refractivity contribution >= 4 is 29.7 Å². The number of benzene rings is 1. The first-order valence-electron chi connectivity index (χ1n) is 7.16. The molecule has 0 bridgehead atoms. The predicted molar refractivity (Wildman–Crippen MR) is 84.1 cm³/mol. The summed E-state index contributed by atoms with van der Waals surface area (Å²) in [7, 11) is 0. The first kappa shape index (κ1) is 17.3. The molecule has 3 N–H and O–H groups in total. The number of ether oxygens (including phenoxy) is 2. The molecule has 0 saturated carbocycles. The number of primary amides is 1. The highest BCUT2D eigenvalue weighted by Gasteiger charge is 2.19. The molecule has 1 aliphatic rings. The number of urea groups is 1. The van der Waals surface area contributed by atoms with E-state index in [-0.39, 0.29) is 6.10 Å². The molecular formula is C15H18N2O5S. The number of hydrogen-bond acceptors (Lipinski definition) is 6. The van der Waals surface area contributed by atoms with Gasteiger partial charge in [-0.1, -0.05) is 12.1 Å². The fourth-order valence-corrected chi connectivity index (χ4v) is 3.21. The van der Waals surface area contributed by atoms with Gasteiger partial charge in [0, 0.05) is 17.3 Å². The van der Waals surface area contributed by atoms with E-state index in [1.165, 1.54) is 11.8 Å². The van der Waals surface area contributed by atoms with Crippen molar-refractivity contribution < 1.29 is 23.9 Å². The van der Waals surface area contributed by atoms with Gasteiger partial charge in [-0.3, -0.25) is 10.1 Å². The molecule has 1 aliphatic heterocycles. The van der Waals surface area contributed by atoms with Crippen LogP contribution in [0.1, 0.15) is 23.2 Å². The Bertz CT molecular complexity index is 587. The van der Waals surface area contributed by atoms with Crippen LogP contribution in [0.3, 0.4) is 0 Å². The molecule has 1 atom stereocenters. The molecule has 0 aromatic heterocycles. The highest BCUT2D eigenvalue weighted by atomic mass is 32.2. The van der Waals surface area contributed by atoms with Crippen molar-refractivity contribution in [1.29, 1.82) is 0 Å². The lowest BCUT2D eigenvalue weighted by Crippen LogP contribution is -2.37. The number of nitrogens with one attached hydrogen (secondary N) is 1. The van der Waals surface area contributed by atoms with E-state index in [0.717, 1.165) is 30.1 Å². The van der Waals surface area contributed by atoms with Crippen LogP contribution >= 0.6 is 11.8 Å². The van der Waals surface area contributed by atoms with Crippen LogP contribution in [0.25, 0.3) is 0 Å². The van der Waals surface area contributed by atoms with Gasteiger partial charge < -0.3 is 15.2 Å². The van der Waals surface area contributed by atoms with Crippen molar-refractivity contribution in [3.8, 4) is 0 Å². The van der Waals surface area contributed by atoms with Crippen LogP contribution in [0.2, 0.25) is 0 Å². The second-order valence-electron chi connectivity index (χ2n) is 4.93. The van der Waals surface area contributed by atoms with Gasteiger partial charge in [0.1, 0.15) is 0 Å². The van der Waals surface area contributed by atoms with Crippen LogP contribution in [-0.4, -0.2) is 43.0 Å². The highest BCUT2D eigenvalue weighted by molar-refractivity contribution is 7.99. The molecule has 23 heavy (non-hydrogen) atoms. The van der Waals surface area contributed by atoms with Gasteiger partial charge in [-0.25, -0.2) is 9.59 Å². The smallest absolute Gasteiger partial charge is 0.339 e. The van der Waals surface area contributed by atoms with Gasteiger partial charge in [0.05, 0.1) is 11.7 Å². The summed E-state index contributed by atoms with van der Waals surface area (Å²) in [5.74, 6) is -0.637. The molecule has 7 nitrogen and oxygen atoms in total. The van der Waals surface area contributed by atoms with Crippen molar-refractivity contribution in [2.45, 2.75) is 23.8 Å². The third-order valence-electron chi connectivity index (χ3n) is 3.15. The molecule has 0 unspecified atom stereocenters. The van der Waals surface area contributed by atoms with Gasteiger partial charge >= 0.3 is 12.0 Å². The number of nitrogens with two attached hydrogens (primary N) is 1. The van der Waals surface area contributed by atoms with E-state index in [0.29, 0.717) is 5.56 Å². The summed E-state index contributed by atoms with van der Waals surface area (Å²) in [6.45, 7) is 0.219. The normalized spacial score (nSPS) is 16.8. The molecule has 124 valence electrons. The summed E-state index contributed by atoms with van der Waals surface area (Å²) in [5.41, 5.74) is 5.18. The van der Waals surface area contributed by atoms with Crippen LogP contribution in [0.4, 0.5) is 4.79 Å². The van der Waals surface area contributed by atoms with Gasteiger partial charge in [-0.15, -0.1) is 11.8 Å². The maximum absolute atomic E-state index is 12.1. The molecular weight excluding hydrogens is 320 g/mol. The first-order chi connectivity index (χ1) is 11.1. The SMILES string of the molecule is NC(=O)NC(=O)COC(=O)c1ccccc1SC[C@H]1CCCO1. The lowest BCUT2D eigenvalue weighted by Gasteiger charge is -2.11. The van der Waals surface area contributed by atoms with Gasteiger partial charge in [0.15, 0.2) is 6.61 Å². The Balaban J connectivity index is 1.91. The molecule has 0 radical (unpaired) electrons. The van der Waals surface area contributed by atoms with E-state index in [4.69, 9.17) is 15.2 Å². The fraction of sp³-hybridized carbons (Fsp3) is 0.400. The van der Waals surface area contributed by atoms with Crippen LogP contribution in [0.15, 0.2) is 29.2 Å². The summed E-state index contributed by atoms with van der Waals surface area (Å²) in [4.78, 5) is 34.6. The van der Waals surface area contributed by atoms with Gasteiger partial charge in [0.25, 0.3) is 5.91 Å². The van der Waals surface area contributed by atoms with Crippen molar-refractivity contribution in [2.75, 3.05) is 19.0 Å². The Morgan fingerprint density at radius 2 is 2.13 bits per heavy atom. The van der Waals surface area contributed by atoms with Crippen LogP contribution in [0, 0.1) is 0 Å². The third kappa shape index (κ3) is 5.57. The molecule has 1 saturated heterocycles. The van der Waals surface area contributed by atoms with Crippen molar-refractivity contribution in [3.63, 3.8) is 0 Å². The molecule has 2 rings (SSSR count). The van der Waals surface area contributed by atoms with Gasteiger partial charge in [0.2, 0.25) is 0 Å². The predicted octanol–water partition coefficient (Wildman–Crippen LogP) is 1.31. The van der Waals surface area contributed by atoms with E-state index in [9.17, 15) is 14.4 Å². The molecule has 1 aromatic carbocycles. The zero-order valence-electron chi connectivity index (χ0n) is 12.4. The minimum Gasteiger partial charge on any atom is -0.452 e. The number of thioether (sulfide) groups is 1. The summed E-state index contributed by atoms with van der Waals surface area (Å²) in [6, 6.07) is 6.01. The van der Waals surface area contributed by atoms with E-state index >= 15 is 0 Å². The lowest BCUT2D eigenvalue weighted by atomic mass is 10.2. The number of rotatable bonds is 6. The Morgan fingerprint density at radius 1 is 1.35 bits per heavy atom. The molecule has 3 amide bonds. The highest BCUT2D eigenvalue weighted by Crippen LogP contribution is 2.27. The van der Waals surface area contributed by atoms with Crippen molar-refractivity contribution in [3.05, 3.63) is 29.8 Å². The number of carbonyl (C=O) groups is 3. The van der Waals surface area contributed by atoms with Crippen molar-refractivity contribution in [1.82, 2.24) is 5.32 Å². The molecule has 0 spiro atoms. The quantitative estimate of drug-likeness (QED) is 0.598. The standard InChI is InChI=1S/C15H18N2O5S/c16-15(20)17-13(18)8-22-14(19)11-5-1-2-6-12(11)23-9-10-4-3-7-21-10/h1-2,5-6,10H,3-4,7-9H2,(H3,16,17,18,20)/t10-/m1/s1.